The van der Waals surface area contributed by atoms with Crippen molar-refractivity contribution in [3.05, 3.63) is 24.8 Å². The summed E-state index contributed by atoms with van der Waals surface area (Å²) >= 11 is 0. The molecule has 0 amide bonds. The van der Waals surface area contributed by atoms with E-state index >= 15 is 0 Å². The maximum absolute atomic E-state index is 3.60. The largest absolute Gasteiger partial charge is 0.309 e. The summed E-state index contributed by atoms with van der Waals surface area (Å²) in [4.78, 5) is 2.20. The fourth-order valence-electron chi connectivity index (χ4n) is 0.718. The van der Waals surface area contributed by atoms with Gasteiger partial charge in [0.15, 0.2) is 0 Å². The minimum absolute atomic E-state index is 1.16. The molecule has 1 nitrogen and oxygen atoms in total. The van der Waals surface area contributed by atoms with Crippen molar-refractivity contribution in [3.8, 4) is 0 Å². The van der Waals surface area contributed by atoms with Gasteiger partial charge in [-0.15, -0.1) is 0 Å². The van der Waals surface area contributed by atoms with Crippen molar-refractivity contribution in [2.45, 2.75) is 12.8 Å². The van der Waals surface area contributed by atoms with Crippen molar-refractivity contribution in [1.82, 2.24) is 4.90 Å². The second-order valence-electron chi connectivity index (χ2n) is 2.61. The summed E-state index contributed by atoms with van der Waals surface area (Å²) in [5.74, 6) is 0. The number of nitrogens with zero attached hydrogens (tertiary/aromatic N) is 1. The third-order valence-electron chi connectivity index (χ3n) is 1.25. The highest BCUT2D eigenvalue weighted by Crippen LogP contribution is 1.91. The van der Waals surface area contributed by atoms with Crippen molar-refractivity contribution in [1.29, 1.82) is 0 Å². The van der Waals surface area contributed by atoms with Crippen LogP contribution in [0, 0.1) is 0 Å². The van der Waals surface area contributed by atoms with E-state index in [1.807, 2.05) is 12.2 Å². The lowest BCUT2D eigenvalue weighted by atomic mass is 10.3. The van der Waals surface area contributed by atoms with Crippen LogP contribution in [0.25, 0.3) is 0 Å². The molecule has 58 valence electrons. The molecule has 0 atom stereocenters. The Morgan fingerprint density at radius 3 is 2.60 bits per heavy atom. The van der Waals surface area contributed by atoms with Crippen LogP contribution >= 0.6 is 0 Å². The van der Waals surface area contributed by atoms with E-state index < -0.39 is 0 Å². The summed E-state index contributed by atoms with van der Waals surface area (Å²) in [7, 11) is 4.19. The Balaban J connectivity index is 3.04. The number of hydrogen-bond donors (Lipinski definition) is 0. The predicted molar refractivity (Wildman–Crippen MR) is 47.1 cm³/mol. The molecule has 0 aliphatic rings. The van der Waals surface area contributed by atoms with Gasteiger partial charge in [0.05, 0.1) is 0 Å². The SMILES string of the molecule is C=CC=CCCCN(C)C. The lowest BCUT2D eigenvalue weighted by Crippen LogP contribution is -2.12. The highest BCUT2D eigenvalue weighted by atomic mass is 15.0. The van der Waals surface area contributed by atoms with E-state index in [2.05, 4.69) is 31.7 Å². The fourth-order valence-corrected chi connectivity index (χ4v) is 0.718. The molecule has 10 heavy (non-hydrogen) atoms. The standard InChI is InChI=1S/C9H17N/c1-4-5-6-7-8-9-10(2)3/h4-6H,1,7-9H2,2-3H3. The van der Waals surface area contributed by atoms with Gasteiger partial charge in [-0.05, 0) is 33.5 Å². The molecule has 0 aromatic heterocycles. The van der Waals surface area contributed by atoms with Gasteiger partial charge < -0.3 is 4.90 Å². The molecule has 0 aromatic rings. The quantitative estimate of drug-likeness (QED) is 0.416. The van der Waals surface area contributed by atoms with Crippen molar-refractivity contribution < 1.29 is 0 Å². The third kappa shape index (κ3) is 7.44. The van der Waals surface area contributed by atoms with Gasteiger partial charge in [0.2, 0.25) is 0 Å². The van der Waals surface area contributed by atoms with Crippen LogP contribution in [-0.4, -0.2) is 25.5 Å². The molecule has 0 bridgehead atoms. The molecule has 0 saturated heterocycles. The van der Waals surface area contributed by atoms with Crippen LogP contribution in [-0.2, 0) is 0 Å². The van der Waals surface area contributed by atoms with E-state index in [9.17, 15) is 0 Å². The Kier molecular flexibility index (Phi) is 6.19. The van der Waals surface area contributed by atoms with E-state index in [1.54, 1.807) is 0 Å². The monoisotopic (exact) mass is 139 g/mol. The van der Waals surface area contributed by atoms with E-state index in [-0.39, 0.29) is 0 Å². The molecule has 0 fully saturated rings. The van der Waals surface area contributed by atoms with Gasteiger partial charge >= 0.3 is 0 Å². The lowest BCUT2D eigenvalue weighted by molar-refractivity contribution is 0.402. The van der Waals surface area contributed by atoms with Crippen LogP contribution in [0.5, 0.6) is 0 Å². The lowest BCUT2D eigenvalue weighted by Gasteiger charge is -2.06. The zero-order valence-electron chi connectivity index (χ0n) is 7.01. The van der Waals surface area contributed by atoms with Crippen LogP contribution in [0.2, 0.25) is 0 Å². The molecular formula is C9H17N. The summed E-state index contributed by atoms with van der Waals surface area (Å²) < 4.78 is 0. The average Bonchev–Trinajstić information content (AvgIpc) is 1.87. The molecule has 0 unspecified atom stereocenters. The van der Waals surface area contributed by atoms with Crippen molar-refractivity contribution in [3.63, 3.8) is 0 Å². The topological polar surface area (TPSA) is 3.24 Å². The van der Waals surface area contributed by atoms with Crippen LogP contribution in [0.4, 0.5) is 0 Å². The molecule has 1 heteroatoms. The smallest absolute Gasteiger partial charge is 0.00219 e. The van der Waals surface area contributed by atoms with E-state index in [0.717, 1.165) is 6.42 Å². The molecular weight excluding hydrogens is 122 g/mol. The first-order valence-corrected chi connectivity index (χ1v) is 3.69. The Morgan fingerprint density at radius 2 is 2.10 bits per heavy atom. The Morgan fingerprint density at radius 1 is 1.40 bits per heavy atom. The number of allylic oxidation sites excluding steroid dienone is 3. The summed E-state index contributed by atoms with van der Waals surface area (Å²) in [5, 5.41) is 0. The molecule has 0 N–H and O–H groups in total. The first-order chi connectivity index (χ1) is 4.77. The van der Waals surface area contributed by atoms with Crippen molar-refractivity contribution >= 4 is 0 Å². The number of rotatable bonds is 5. The van der Waals surface area contributed by atoms with Gasteiger partial charge in [0.25, 0.3) is 0 Å². The summed E-state index contributed by atoms with van der Waals surface area (Å²) in [6, 6.07) is 0. The minimum Gasteiger partial charge on any atom is -0.309 e. The van der Waals surface area contributed by atoms with Gasteiger partial charge in [-0.1, -0.05) is 24.8 Å². The maximum atomic E-state index is 3.60. The highest BCUT2D eigenvalue weighted by molar-refractivity contribution is 4.96. The fraction of sp³-hybridized carbons (Fsp3) is 0.556. The second-order valence-corrected chi connectivity index (χ2v) is 2.61. The summed E-state index contributed by atoms with van der Waals surface area (Å²) in [6.45, 7) is 4.76. The van der Waals surface area contributed by atoms with Gasteiger partial charge in [-0.25, -0.2) is 0 Å². The Hall–Kier alpha value is -0.560. The van der Waals surface area contributed by atoms with Crippen molar-refractivity contribution in [2.75, 3.05) is 20.6 Å². The summed E-state index contributed by atoms with van der Waals surface area (Å²) in [6.07, 6.45) is 8.35. The number of hydrogen-bond acceptors (Lipinski definition) is 1. The van der Waals surface area contributed by atoms with Crippen LogP contribution in [0.15, 0.2) is 24.8 Å². The molecule has 0 aliphatic heterocycles. The number of unbranched alkanes of at least 4 members (excludes halogenated alkanes) is 1. The molecule has 0 aromatic carbocycles. The van der Waals surface area contributed by atoms with Crippen LogP contribution < -0.4 is 0 Å². The Bertz CT molecular complexity index is 103. The molecule has 0 spiro atoms. The third-order valence-corrected chi connectivity index (χ3v) is 1.25. The van der Waals surface area contributed by atoms with Crippen LogP contribution in [0.1, 0.15) is 12.8 Å². The van der Waals surface area contributed by atoms with Crippen molar-refractivity contribution in [2.24, 2.45) is 0 Å². The Labute approximate surface area is 64.0 Å². The zero-order chi connectivity index (χ0) is 7.82. The highest BCUT2D eigenvalue weighted by Gasteiger charge is 1.85. The second kappa shape index (κ2) is 6.56. The van der Waals surface area contributed by atoms with Gasteiger partial charge in [-0.3, -0.25) is 0 Å². The van der Waals surface area contributed by atoms with E-state index in [4.69, 9.17) is 0 Å². The van der Waals surface area contributed by atoms with Gasteiger partial charge in [0.1, 0.15) is 0 Å². The molecule has 0 heterocycles. The van der Waals surface area contributed by atoms with E-state index in [1.165, 1.54) is 13.0 Å². The normalized spacial score (nSPS) is 11.1. The van der Waals surface area contributed by atoms with Gasteiger partial charge in [0, 0.05) is 0 Å². The van der Waals surface area contributed by atoms with E-state index in [0.29, 0.717) is 0 Å². The maximum Gasteiger partial charge on any atom is -0.00219 e. The first kappa shape index (κ1) is 9.44. The molecule has 0 saturated carbocycles. The first-order valence-electron chi connectivity index (χ1n) is 3.69. The molecule has 0 radical (unpaired) electrons. The molecule has 0 aliphatic carbocycles. The predicted octanol–water partition coefficient (Wildman–Crippen LogP) is 2.07. The molecule has 0 rings (SSSR count). The van der Waals surface area contributed by atoms with Crippen LogP contribution in [0.3, 0.4) is 0 Å². The zero-order valence-corrected chi connectivity index (χ0v) is 7.01. The average molecular weight is 139 g/mol. The van der Waals surface area contributed by atoms with Gasteiger partial charge in [-0.2, -0.15) is 0 Å². The minimum atomic E-state index is 1.16. The summed E-state index contributed by atoms with van der Waals surface area (Å²) in [5.41, 5.74) is 0.